The second kappa shape index (κ2) is 6.97. The van der Waals surface area contributed by atoms with Crippen LogP contribution in [0.1, 0.15) is 46.0 Å². The summed E-state index contributed by atoms with van der Waals surface area (Å²) in [6.45, 7) is 5.94. The summed E-state index contributed by atoms with van der Waals surface area (Å²) in [4.78, 5) is 11.6. The zero-order valence-corrected chi connectivity index (χ0v) is 11.0. The molecule has 0 aromatic rings. The first kappa shape index (κ1) is 14.5. The molecule has 1 aliphatic rings. The van der Waals surface area contributed by atoms with Crippen LogP contribution in [0.5, 0.6) is 0 Å². The zero-order valence-electron chi connectivity index (χ0n) is 11.0. The van der Waals surface area contributed by atoms with Crippen molar-refractivity contribution in [3.05, 3.63) is 0 Å². The van der Waals surface area contributed by atoms with Crippen LogP contribution in [0.3, 0.4) is 0 Å². The molecule has 1 saturated carbocycles. The van der Waals surface area contributed by atoms with Gasteiger partial charge in [0.25, 0.3) is 0 Å². The van der Waals surface area contributed by atoms with Gasteiger partial charge in [-0.1, -0.05) is 6.92 Å². The highest BCUT2D eigenvalue weighted by molar-refractivity contribution is 5.72. The van der Waals surface area contributed by atoms with Gasteiger partial charge in [0, 0.05) is 6.54 Å². The summed E-state index contributed by atoms with van der Waals surface area (Å²) in [6.07, 6.45) is 3.92. The van der Waals surface area contributed by atoms with E-state index in [-0.39, 0.29) is 11.9 Å². The van der Waals surface area contributed by atoms with E-state index >= 15 is 0 Å². The summed E-state index contributed by atoms with van der Waals surface area (Å²) in [6, 6.07) is 0. The first-order valence-electron chi connectivity index (χ1n) is 6.71. The molecule has 0 unspecified atom stereocenters. The Morgan fingerprint density at radius 2 is 2.06 bits per heavy atom. The molecule has 0 aliphatic heterocycles. The third-order valence-corrected chi connectivity index (χ3v) is 3.42. The Hall–Kier alpha value is -0.610. The predicted molar refractivity (Wildman–Crippen MR) is 66.7 cm³/mol. The van der Waals surface area contributed by atoms with Gasteiger partial charge < -0.3 is 15.2 Å². The van der Waals surface area contributed by atoms with Gasteiger partial charge in [0.2, 0.25) is 0 Å². The second-order valence-electron chi connectivity index (χ2n) is 4.93. The minimum atomic E-state index is -0.627. The Morgan fingerprint density at radius 1 is 1.41 bits per heavy atom. The van der Waals surface area contributed by atoms with Crippen molar-refractivity contribution in [2.75, 3.05) is 19.7 Å². The van der Waals surface area contributed by atoms with Crippen molar-refractivity contribution in [3.63, 3.8) is 0 Å². The lowest BCUT2D eigenvalue weighted by Gasteiger charge is -2.35. The lowest BCUT2D eigenvalue weighted by Crippen LogP contribution is -2.44. The molecule has 1 aliphatic carbocycles. The molecule has 4 heteroatoms. The van der Waals surface area contributed by atoms with E-state index in [4.69, 9.17) is 4.74 Å². The van der Waals surface area contributed by atoms with Gasteiger partial charge in [-0.05, 0) is 45.6 Å². The van der Waals surface area contributed by atoms with Crippen LogP contribution in [0.4, 0.5) is 0 Å². The third-order valence-electron chi connectivity index (χ3n) is 3.42. The number of aliphatic hydroxyl groups is 1. The quantitative estimate of drug-likeness (QED) is 0.548. The number of rotatable bonds is 6. The van der Waals surface area contributed by atoms with Crippen molar-refractivity contribution in [2.45, 2.75) is 51.6 Å². The second-order valence-corrected chi connectivity index (χ2v) is 4.93. The summed E-state index contributed by atoms with van der Waals surface area (Å²) in [5.41, 5.74) is -0.627. The van der Waals surface area contributed by atoms with Crippen molar-refractivity contribution >= 4 is 5.97 Å². The predicted octanol–water partition coefficient (Wildman–Crippen LogP) is 1.47. The molecule has 0 atom stereocenters. The molecule has 1 fully saturated rings. The first-order valence-corrected chi connectivity index (χ1v) is 6.71. The fourth-order valence-electron chi connectivity index (χ4n) is 2.33. The zero-order chi connectivity index (χ0) is 12.7. The van der Waals surface area contributed by atoms with E-state index in [1.807, 2.05) is 6.92 Å². The average molecular weight is 243 g/mol. The Bertz CT molecular complexity index is 235. The highest BCUT2D eigenvalue weighted by Gasteiger charge is 2.35. The smallest absolute Gasteiger partial charge is 0.308 e. The van der Waals surface area contributed by atoms with Gasteiger partial charge >= 0.3 is 5.97 Å². The largest absolute Gasteiger partial charge is 0.466 e. The molecule has 0 amide bonds. The number of ether oxygens (including phenoxy) is 1. The fourth-order valence-corrected chi connectivity index (χ4v) is 2.33. The Balaban J connectivity index is 2.31. The topological polar surface area (TPSA) is 58.6 Å². The molecular weight excluding hydrogens is 218 g/mol. The summed E-state index contributed by atoms with van der Waals surface area (Å²) in [5.74, 6) is -0.113. The van der Waals surface area contributed by atoms with Crippen LogP contribution in [0, 0.1) is 5.92 Å². The fraction of sp³-hybridized carbons (Fsp3) is 0.923. The minimum Gasteiger partial charge on any atom is -0.466 e. The highest BCUT2D eigenvalue weighted by atomic mass is 16.5. The molecule has 0 saturated heterocycles. The van der Waals surface area contributed by atoms with E-state index in [0.717, 1.165) is 25.8 Å². The molecular formula is C13H25NO3. The number of carbonyl (C=O) groups excluding carboxylic acids is 1. The lowest BCUT2D eigenvalue weighted by molar-refractivity contribution is -0.151. The normalized spacial score (nSPS) is 29.0. The van der Waals surface area contributed by atoms with E-state index in [9.17, 15) is 9.90 Å². The highest BCUT2D eigenvalue weighted by Crippen LogP contribution is 2.32. The average Bonchev–Trinajstić information content (AvgIpc) is 2.30. The van der Waals surface area contributed by atoms with Crippen LogP contribution >= 0.6 is 0 Å². The van der Waals surface area contributed by atoms with Crippen molar-refractivity contribution in [1.82, 2.24) is 5.32 Å². The van der Waals surface area contributed by atoms with E-state index in [1.165, 1.54) is 0 Å². The lowest BCUT2D eigenvalue weighted by atomic mass is 9.79. The molecule has 0 aromatic heterocycles. The van der Waals surface area contributed by atoms with E-state index in [2.05, 4.69) is 12.2 Å². The van der Waals surface area contributed by atoms with Gasteiger partial charge in [0.05, 0.1) is 18.1 Å². The van der Waals surface area contributed by atoms with Gasteiger partial charge in [0.15, 0.2) is 0 Å². The van der Waals surface area contributed by atoms with Crippen LogP contribution in [0.2, 0.25) is 0 Å². The van der Waals surface area contributed by atoms with Crippen molar-refractivity contribution in [2.24, 2.45) is 5.92 Å². The summed E-state index contributed by atoms with van der Waals surface area (Å²) >= 11 is 0. The standard InChI is InChI=1S/C13H25NO3/c1-3-9-14-10-13(16)7-5-11(6-8-13)12(15)17-4-2/h11,14,16H,3-10H2,1-2H3. The van der Waals surface area contributed by atoms with Crippen LogP contribution in [-0.4, -0.2) is 36.4 Å². The van der Waals surface area contributed by atoms with Gasteiger partial charge in [0.1, 0.15) is 0 Å². The number of hydrogen-bond donors (Lipinski definition) is 2. The molecule has 0 heterocycles. The molecule has 100 valence electrons. The number of hydrogen-bond acceptors (Lipinski definition) is 4. The molecule has 0 aromatic carbocycles. The monoisotopic (exact) mass is 243 g/mol. The maximum Gasteiger partial charge on any atom is 0.308 e. The molecule has 0 bridgehead atoms. The van der Waals surface area contributed by atoms with Gasteiger partial charge in [-0.15, -0.1) is 0 Å². The maximum absolute atomic E-state index is 11.6. The molecule has 0 spiro atoms. The van der Waals surface area contributed by atoms with Gasteiger partial charge in [-0.25, -0.2) is 0 Å². The number of nitrogens with one attached hydrogen (secondary N) is 1. The Labute approximate surface area is 104 Å². The van der Waals surface area contributed by atoms with Crippen LogP contribution < -0.4 is 5.32 Å². The van der Waals surface area contributed by atoms with E-state index in [1.54, 1.807) is 0 Å². The van der Waals surface area contributed by atoms with Crippen molar-refractivity contribution in [3.8, 4) is 0 Å². The SMILES string of the molecule is CCCNCC1(O)CCC(C(=O)OCC)CC1. The van der Waals surface area contributed by atoms with E-state index in [0.29, 0.717) is 26.0 Å². The van der Waals surface area contributed by atoms with Crippen molar-refractivity contribution in [1.29, 1.82) is 0 Å². The van der Waals surface area contributed by atoms with Gasteiger partial charge in [-0.3, -0.25) is 4.79 Å². The number of esters is 1. The first-order chi connectivity index (χ1) is 8.11. The van der Waals surface area contributed by atoms with Crippen molar-refractivity contribution < 1.29 is 14.6 Å². The molecule has 4 nitrogen and oxygen atoms in total. The summed E-state index contributed by atoms with van der Waals surface area (Å²) in [7, 11) is 0. The molecule has 0 radical (unpaired) electrons. The number of carbonyl (C=O) groups is 1. The molecule has 1 rings (SSSR count). The molecule has 17 heavy (non-hydrogen) atoms. The Morgan fingerprint density at radius 3 is 2.59 bits per heavy atom. The maximum atomic E-state index is 11.6. The third kappa shape index (κ3) is 4.64. The summed E-state index contributed by atoms with van der Waals surface area (Å²) < 4.78 is 5.01. The Kier molecular flexibility index (Phi) is 5.92. The molecule has 2 N–H and O–H groups in total. The van der Waals surface area contributed by atoms with Crippen LogP contribution in [-0.2, 0) is 9.53 Å². The van der Waals surface area contributed by atoms with Crippen LogP contribution in [0.25, 0.3) is 0 Å². The van der Waals surface area contributed by atoms with Gasteiger partial charge in [-0.2, -0.15) is 0 Å². The summed E-state index contributed by atoms with van der Waals surface area (Å²) in [5, 5.41) is 13.6. The van der Waals surface area contributed by atoms with E-state index < -0.39 is 5.60 Å². The minimum absolute atomic E-state index is 0.0126. The van der Waals surface area contributed by atoms with Crippen LogP contribution in [0.15, 0.2) is 0 Å².